The molecule has 0 spiro atoms. The number of carbonyl (C=O) groups excluding carboxylic acids is 1. The van der Waals surface area contributed by atoms with Gasteiger partial charge in [-0.2, -0.15) is 0 Å². The van der Waals surface area contributed by atoms with Gasteiger partial charge in [0.1, 0.15) is 6.04 Å². The third-order valence-electron chi connectivity index (χ3n) is 3.37. The van der Waals surface area contributed by atoms with Crippen LogP contribution in [0.3, 0.4) is 0 Å². The first-order chi connectivity index (χ1) is 9.72. The molecule has 3 rings (SSSR count). The molecule has 1 amide bonds. The van der Waals surface area contributed by atoms with Gasteiger partial charge in [-0.3, -0.25) is 9.36 Å². The molecule has 106 valence electrons. The van der Waals surface area contributed by atoms with Gasteiger partial charge in [-0.15, -0.1) is 10.2 Å². The molecule has 0 saturated heterocycles. The van der Waals surface area contributed by atoms with Crippen molar-refractivity contribution in [2.24, 2.45) is 0 Å². The number of hydrogen-bond acceptors (Lipinski definition) is 6. The van der Waals surface area contributed by atoms with E-state index in [1.807, 2.05) is 6.92 Å². The molecule has 8 heteroatoms. The topological polar surface area (TPSA) is 86.3 Å². The minimum atomic E-state index is -0.370. The Morgan fingerprint density at radius 1 is 1.50 bits per heavy atom. The van der Waals surface area contributed by atoms with Crippen molar-refractivity contribution in [2.75, 3.05) is 20.3 Å². The predicted molar refractivity (Wildman–Crippen MR) is 67.5 cm³/mol. The van der Waals surface area contributed by atoms with Crippen LogP contribution in [0, 0.1) is 0 Å². The van der Waals surface area contributed by atoms with E-state index in [0.717, 1.165) is 5.82 Å². The van der Waals surface area contributed by atoms with Gasteiger partial charge in [0, 0.05) is 13.7 Å². The lowest BCUT2D eigenvalue weighted by atomic mass is 10.2. The number of hydrogen-bond donors (Lipinski definition) is 0. The molecule has 1 aliphatic heterocycles. The molecule has 0 fully saturated rings. The van der Waals surface area contributed by atoms with Crippen LogP contribution in [0.5, 0.6) is 0 Å². The average molecular weight is 277 g/mol. The van der Waals surface area contributed by atoms with Crippen molar-refractivity contribution in [3.05, 3.63) is 18.4 Å². The maximum absolute atomic E-state index is 12.4. The van der Waals surface area contributed by atoms with Crippen molar-refractivity contribution in [2.45, 2.75) is 19.5 Å². The van der Waals surface area contributed by atoms with Crippen LogP contribution in [0.1, 0.15) is 18.8 Å². The molecule has 2 aromatic heterocycles. The fourth-order valence-corrected chi connectivity index (χ4v) is 2.35. The molecule has 0 N–H and O–H groups in total. The first-order valence-electron chi connectivity index (χ1n) is 6.32. The van der Waals surface area contributed by atoms with Crippen molar-refractivity contribution in [3.63, 3.8) is 0 Å². The summed E-state index contributed by atoms with van der Waals surface area (Å²) in [4.78, 5) is 18.0. The maximum atomic E-state index is 12.4. The Labute approximate surface area is 115 Å². The lowest BCUT2D eigenvalue weighted by Crippen LogP contribution is -2.43. The van der Waals surface area contributed by atoms with Gasteiger partial charge in [0.05, 0.1) is 19.3 Å². The largest absolute Gasteiger partial charge is 0.440 e. The van der Waals surface area contributed by atoms with Gasteiger partial charge in [-0.1, -0.05) is 0 Å². The molecule has 0 bridgehead atoms. The second-order valence-corrected chi connectivity index (χ2v) is 4.60. The van der Waals surface area contributed by atoms with E-state index in [4.69, 9.17) is 9.15 Å². The van der Waals surface area contributed by atoms with E-state index in [-0.39, 0.29) is 11.9 Å². The number of carbonyl (C=O) groups is 1. The highest BCUT2D eigenvalue weighted by molar-refractivity contribution is 5.81. The molecular formula is C12H15N5O3. The average Bonchev–Trinajstić information content (AvgIpc) is 3.09. The smallest absolute Gasteiger partial charge is 0.245 e. The predicted octanol–water partition coefficient (Wildman–Crippen LogP) is 0.483. The van der Waals surface area contributed by atoms with Crippen LogP contribution in [0.2, 0.25) is 0 Å². The zero-order valence-electron chi connectivity index (χ0n) is 11.3. The fraction of sp³-hybridized carbons (Fsp3) is 0.500. The van der Waals surface area contributed by atoms with Gasteiger partial charge in [0.25, 0.3) is 0 Å². The van der Waals surface area contributed by atoms with Crippen molar-refractivity contribution >= 4 is 5.91 Å². The van der Waals surface area contributed by atoms with E-state index in [9.17, 15) is 4.79 Å². The highest BCUT2D eigenvalue weighted by Gasteiger charge is 2.33. The van der Waals surface area contributed by atoms with Crippen LogP contribution >= 0.6 is 0 Å². The standard InChI is InChI=1S/C12H15N5O3/c1-8-12(18)16(3-4-19-2)6-10-14-15-11(17(8)10)9-5-13-7-20-9/h5,7-8H,3-4,6H2,1-2H3/t8-/m0/s1. The summed E-state index contributed by atoms with van der Waals surface area (Å²) in [5.74, 6) is 1.80. The van der Waals surface area contributed by atoms with Crippen molar-refractivity contribution in [3.8, 4) is 11.6 Å². The van der Waals surface area contributed by atoms with Crippen LogP contribution < -0.4 is 0 Å². The fourth-order valence-electron chi connectivity index (χ4n) is 2.35. The Morgan fingerprint density at radius 2 is 2.35 bits per heavy atom. The number of fused-ring (bicyclic) bond motifs is 1. The molecule has 3 heterocycles. The summed E-state index contributed by atoms with van der Waals surface area (Å²) in [6.45, 7) is 3.30. The zero-order chi connectivity index (χ0) is 14.1. The molecule has 0 aliphatic carbocycles. The number of ether oxygens (including phenoxy) is 1. The Hall–Kier alpha value is -2.22. The highest BCUT2D eigenvalue weighted by Crippen LogP contribution is 2.27. The van der Waals surface area contributed by atoms with E-state index >= 15 is 0 Å². The van der Waals surface area contributed by atoms with Crippen molar-refractivity contribution < 1.29 is 13.9 Å². The summed E-state index contributed by atoms with van der Waals surface area (Å²) in [5.41, 5.74) is 0. The summed E-state index contributed by atoms with van der Waals surface area (Å²) in [6.07, 6.45) is 2.89. The Morgan fingerprint density at radius 3 is 3.05 bits per heavy atom. The Bertz CT molecular complexity index is 607. The Kier molecular flexibility index (Phi) is 3.23. The van der Waals surface area contributed by atoms with E-state index in [2.05, 4.69) is 15.2 Å². The third kappa shape index (κ3) is 1.97. The molecule has 0 aromatic carbocycles. The number of methoxy groups -OCH3 is 1. The van der Waals surface area contributed by atoms with Gasteiger partial charge in [0.15, 0.2) is 18.0 Å². The van der Waals surface area contributed by atoms with Gasteiger partial charge in [0.2, 0.25) is 11.7 Å². The molecule has 2 aromatic rings. The minimum absolute atomic E-state index is 0.0233. The van der Waals surface area contributed by atoms with E-state index in [0.29, 0.717) is 31.3 Å². The summed E-state index contributed by atoms with van der Waals surface area (Å²) < 4.78 is 12.1. The van der Waals surface area contributed by atoms with E-state index < -0.39 is 0 Å². The second-order valence-electron chi connectivity index (χ2n) is 4.60. The van der Waals surface area contributed by atoms with Crippen molar-refractivity contribution in [1.82, 2.24) is 24.6 Å². The van der Waals surface area contributed by atoms with Gasteiger partial charge >= 0.3 is 0 Å². The third-order valence-corrected chi connectivity index (χ3v) is 3.37. The molecule has 0 unspecified atom stereocenters. The highest BCUT2D eigenvalue weighted by atomic mass is 16.5. The monoisotopic (exact) mass is 277 g/mol. The lowest BCUT2D eigenvalue weighted by Gasteiger charge is -2.31. The summed E-state index contributed by atoms with van der Waals surface area (Å²) in [5, 5.41) is 8.26. The van der Waals surface area contributed by atoms with Crippen LogP contribution in [0.4, 0.5) is 0 Å². The molecule has 8 nitrogen and oxygen atoms in total. The number of oxazole rings is 1. The van der Waals surface area contributed by atoms with E-state index in [1.54, 1.807) is 22.8 Å². The second kappa shape index (κ2) is 5.04. The number of nitrogens with zero attached hydrogens (tertiary/aromatic N) is 5. The molecule has 1 atom stereocenters. The van der Waals surface area contributed by atoms with Gasteiger partial charge < -0.3 is 14.1 Å². The van der Waals surface area contributed by atoms with Gasteiger partial charge in [-0.25, -0.2) is 4.98 Å². The van der Waals surface area contributed by atoms with Crippen molar-refractivity contribution in [1.29, 1.82) is 0 Å². The lowest BCUT2D eigenvalue weighted by molar-refractivity contribution is -0.137. The molecule has 0 radical (unpaired) electrons. The number of amides is 1. The van der Waals surface area contributed by atoms with Gasteiger partial charge in [-0.05, 0) is 6.92 Å². The number of aromatic nitrogens is 4. The van der Waals surface area contributed by atoms with Crippen LogP contribution in [0.25, 0.3) is 11.6 Å². The quantitative estimate of drug-likeness (QED) is 0.808. The summed E-state index contributed by atoms with van der Waals surface area (Å²) >= 11 is 0. The van der Waals surface area contributed by atoms with Crippen LogP contribution in [-0.2, 0) is 16.1 Å². The molecule has 20 heavy (non-hydrogen) atoms. The summed E-state index contributed by atoms with van der Waals surface area (Å²) in [6, 6.07) is -0.370. The molecule has 0 saturated carbocycles. The summed E-state index contributed by atoms with van der Waals surface area (Å²) in [7, 11) is 1.61. The number of rotatable bonds is 4. The normalized spacial score (nSPS) is 18.4. The first-order valence-corrected chi connectivity index (χ1v) is 6.32. The Balaban J connectivity index is 1.94. The van der Waals surface area contributed by atoms with Crippen LogP contribution in [-0.4, -0.2) is 50.8 Å². The maximum Gasteiger partial charge on any atom is 0.245 e. The van der Waals surface area contributed by atoms with Crippen LogP contribution in [0.15, 0.2) is 17.0 Å². The first kappa shape index (κ1) is 12.8. The molecule has 1 aliphatic rings. The minimum Gasteiger partial charge on any atom is -0.440 e. The SMILES string of the molecule is COCCN1Cc2nnc(-c3cnco3)n2[C@@H](C)C1=O. The van der Waals surface area contributed by atoms with E-state index in [1.165, 1.54) is 6.39 Å². The zero-order valence-corrected chi connectivity index (χ0v) is 11.3. The molecular weight excluding hydrogens is 262 g/mol.